The monoisotopic (exact) mass is 377 g/mol. The molecule has 1 aliphatic heterocycles. The Kier molecular flexibility index (Phi) is 4.45. The molecule has 1 aliphatic rings. The van der Waals surface area contributed by atoms with Crippen LogP contribution in [0.4, 0.5) is 4.79 Å². The van der Waals surface area contributed by atoms with Gasteiger partial charge in [-0.05, 0) is 72.1 Å². The summed E-state index contributed by atoms with van der Waals surface area (Å²) in [5.74, 6) is 0. The molecule has 0 saturated carbocycles. The minimum Gasteiger partial charge on any atom is -0.443 e. The highest BCUT2D eigenvalue weighted by Crippen LogP contribution is 2.37. The molecular weight excluding hydrogens is 352 g/mol. The third-order valence-electron chi connectivity index (χ3n) is 4.90. The summed E-state index contributed by atoms with van der Waals surface area (Å²) in [5.41, 5.74) is -0.0552. The normalized spacial score (nSPS) is 19.2. The van der Waals surface area contributed by atoms with Crippen LogP contribution in [0.3, 0.4) is 0 Å². The largest absolute Gasteiger partial charge is 0.494 e. The molecule has 0 unspecified atom stereocenters. The van der Waals surface area contributed by atoms with E-state index >= 15 is 0 Å². The highest BCUT2D eigenvalue weighted by Gasteiger charge is 2.51. The van der Waals surface area contributed by atoms with E-state index in [1.54, 1.807) is 12.3 Å². The van der Waals surface area contributed by atoms with Crippen molar-refractivity contribution in [1.82, 2.24) is 4.57 Å². The van der Waals surface area contributed by atoms with Crippen LogP contribution in [-0.4, -0.2) is 34.6 Å². The van der Waals surface area contributed by atoms with Crippen LogP contribution in [0.1, 0.15) is 48.5 Å². The van der Waals surface area contributed by atoms with Crippen molar-refractivity contribution in [2.75, 3.05) is 0 Å². The maximum atomic E-state index is 12.5. The molecule has 7 heteroatoms. The summed E-state index contributed by atoms with van der Waals surface area (Å²) in [6.45, 7) is 13.5. The summed E-state index contributed by atoms with van der Waals surface area (Å²) < 4.78 is 19.2. The number of halogens is 1. The van der Waals surface area contributed by atoms with Gasteiger partial charge in [0.1, 0.15) is 5.60 Å². The lowest BCUT2D eigenvalue weighted by Crippen LogP contribution is -2.41. The molecule has 5 nitrogen and oxygen atoms in total. The fourth-order valence-corrected chi connectivity index (χ4v) is 3.09. The van der Waals surface area contributed by atoms with Gasteiger partial charge in [0.25, 0.3) is 0 Å². The van der Waals surface area contributed by atoms with Gasteiger partial charge in [0, 0.05) is 16.6 Å². The molecule has 140 valence electrons. The molecule has 0 bridgehead atoms. The second-order valence-electron chi connectivity index (χ2n) is 8.69. The van der Waals surface area contributed by atoms with Gasteiger partial charge in [-0.25, -0.2) is 4.79 Å². The molecule has 0 radical (unpaired) electrons. The van der Waals surface area contributed by atoms with Gasteiger partial charge in [-0.15, -0.1) is 0 Å². The Hall–Kier alpha value is -1.50. The number of benzene rings is 1. The van der Waals surface area contributed by atoms with Gasteiger partial charge < -0.3 is 14.0 Å². The van der Waals surface area contributed by atoms with E-state index in [0.29, 0.717) is 10.5 Å². The number of carbonyl (C=O) groups is 1. The van der Waals surface area contributed by atoms with E-state index in [2.05, 4.69) is 0 Å². The number of nitrogens with zero attached hydrogens (tertiary/aromatic N) is 1. The van der Waals surface area contributed by atoms with Crippen LogP contribution in [0.2, 0.25) is 5.02 Å². The van der Waals surface area contributed by atoms with Gasteiger partial charge in [-0.1, -0.05) is 11.6 Å². The lowest BCUT2D eigenvalue weighted by Gasteiger charge is -2.32. The summed E-state index contributed by atoms with van der Waals surface area (Å²) in [4.78, 5) is 12.5. The van der Waals surface area contributed by atoms with Gasteiger partial charge in [-0.3, -0.25) is 4.57 Å². The van der Waals surface area contributed by atoms with E-state index in [-0.39, 0.29) is 0 Å². The molecule has 0 aliphatic carbocycles. The Labute approximate surface area is 159 Å². The molecule has 2 heterocycles. The number of carbonyl (C=O) groups excluding carboxylic acids is 1. The highest BCUT2D eigenvalue weighted by atomic mass is 35.5. The molecule has 26 heavy (non-hydrogen) atoms. The predicted octanol–water partition coefficient (Wildman–Crippen LogP) is 4.38. The zero-order valence-corrected chi connectivity index (χ0v) is 17.1. The van der Waals surface area contributed by atoms with Gasteiger partial charge >= 0.3 is 13.2 Å². The molecule has 1 saturated heterocycles. The van der Waals surface area contributed by atoms with Crippen LogP contribution >= 0.6 is 11.6 Å². The number of fused-ring (bicyclic) bond motifs is 1. The molecule has 0 amide bonds. The van der Waals surface area contributed by atoms with E-state index in [1.807, 2.05) is 60.6 Å². The molecule has 0 atom stereocenters. The SMILES string of the molecule is CC(C)(C)OC(=O)n1ccc2c(Cl)cc(B3OC(C)(C)C(C)(C)O3)cc21. The first-order chi connectivity index (χ1) is 11.8. The van der Waals surface area contributed by atoms with E-state index in [4.69, 9.17) is 25.6 Å². The standard InChI is InChI=1S/C19H25BClNO4/c1-17(2,3)24-16(23)22-9-8-13-14(21)10-12(11-15(13)22)20-25-18(4,5)19(6,7)26-20/h8-11H,1-7H3. The lowest BCUT2D eigenvalue weighted by molar-refractivity contribution is 0.00578. The van der Waals surface area contributed by atoms with Crippen LogP contribution in [0, 0.1) is 0 Å². The third kappa shape index (κ3) is 3.38. The molecule has 1 aromatic heterocycles. The van der Waals surface area contributed by atoms with E-state index in [1.165, 1.54) is 4.57 Å². The Balaban J connectivity index is 2.02. The Morgan fingerprint density at radius 2 is 1.73 bits per heavy atom. The number of aromatic nitrogens is 1. The number of hydrogen-bond acceptors (Lipinski definition) is 4. The third-order valence-corrected chi connectivity index (χ3v) is 5.21. The van der Waals surface area contributed by atoms with Crippen molar-refractivity contribution in [1.29, 1.82) is 0 Å². The first-order valence-corrected chi connectivity index (χ1v) is 9.08. The van der Waals surface area contributed by atoms with E-state index in [9.17, 15) is 4.79 Å². The maximum Gasteiger partial charge on any atom is 0.494 e. The molecule has 2 aromatic rings. The average Bonchev–Trinajstić information content (AvgIpc) is 2.96. The van der Waals surface area contributed by atoms with Gasteiger partial charge in [-0.2, -0.15) is 0 Å². The fourth-order valence-electron chi connectivity index (χ4n) is 2.80. The van der Waals surface area contributed by atoms with Crippen molar-refractivity contribution in [3.63, 3.8) is 0 Å². The van der Waals surface area contributed by atoms with Crippen molar-refractivity contribution < 1.29 is 18.8 Å². The van der Waals surface area contributed by atoms with Gasteiger partial charge in [0.05, 0.1) is 16.7 Å². The summed E-state index contributed by atoms with van der Waals surface area (Å²) in [5, 5.41) is 1.31. The summed E-state index contributed by atoms with van der Waals surface area (Å²) in [6.07, 6.45) is 1.22. The molecule has 3 rings (SSSR count). The predicted molar refractivity (Wildman–Crippen MR) is 104 cm³/mol. The van der Waals surface area contributed by atoms with Crippen LogP contribution in [0.25, 0.3) is 10.9 Å². The summed E-state index contributed by atoms with van der Waals surface area (Å²) >= 11 is 6.46. The first-order valence-electron chi connectivity index (χ1n) is 8.70. The number of hydrogen-bond donors (Lipinski definition) is 0. The van der Waals surface area contributed by atoms with Crippen LogP contribution < -0.4 is 5.46 Å². The second kappa shape index (κ2) is 6.01. The van der Waals surface area contributed by atoms with Gasteiger partial charge in [0.2, 0.25) is 0 Å². The zero-order valence-electron chi connectivity index (χ0n) is 16.3. The second-order valence-corrected chi connectivity index (χ2v) is 9.10. The van der Waals surface area contributed by atoms with E-state index in [0.717, 1.165) is 10.8 Å². The van der Waals surface area contributed by atoms with Crippen molar-refractivity contribution in [3.05, 3.63) is 29.4 Å². The Morgan fingerprint density at radius 1 is 1.15 bits per heavy atom. The van der Waals surface area contributed by atoms with Crippen LogP contribution in [-0.2, 0) is 14.0 Å². The highest BCUT2D eigenvalue weighted by molar-refractivity contribution is 6.63. The fraction of sp³-hybridized carbons (Fsp3) is 0.526. The topological polar surface area (TPSA) is 49.7 Å². The lowest BCUT2D eigenvalue weighted by atomic mass is 9.79. The van der Waals surface area contributed by atoms with Crippen molar-refractivity contribution in [3.8, 4) is 0 Å². The molecular formula is C19H25BClNO4. The van der Waals surface area contributed by atoms with E-state index < -0.39 is 30.0 Å². The number of ether oxygens (including phenoxy) is 1. The smallest absolute Gasteiger partial charge is 0.443 e. The summed E-state index contributed by atoms with van der Waals surface area (Å²) in [7, 11) is -0.552. The molecule has 0 spiro atoms. The van der Waals surface area contributed by atoms with Crippen LogP contribution in [0.5, 0.6) is 0 Å². The Morgan fingerprint density at radius 3 is 2.27 bits per heavy atom. The molecule has 1 aromatic carbocycles. The van der Waals surface area contributed by atoms with Crippen LogP contribution in [0.15, 0.2) is 24.4 Å². The maximum absolute atomic E-state index is 12.5. The zero-order chi connectivity index (χ0) is 19.5. The minimum absolute atomic E-state index is 0.449. The quantitative estimate of drug-likeness (QED) is 0.692. The first kappa shape index (κ1) is 19.3. The summed E-state index contributed by atoms with van der Waals surface area (Å²) in [6, 6.07) is 5.49. The average molecular weight is 378 g/mol. The minimum atomic E-state index is -0.583. The van der Waals surface area contributed by atoms with Gasteiger partial charge in [0.15, 0.2) is 0 Å². The number of rotatable bonds is 1. The molecule has 1 fully saturated rings. The van der Waals surface area contributed by atoms with Crippen molar-refractivity contribution in [2.24, 2.45) is 0 Å². The van der Waals surface area contributed by atoms with Crippen molar-refractivity contribution in [2.45, 2.75) is 65.3 Å². The Bertz CT molecular complexity index is 850. The van der Waals surface area contributed by atoms with Crippen molar-refractivity contribution >= 4 is 41.2 Å². The molecule has 0 N–H and O–H groups in total.